The Morgan fingerprint density at radius 1 is 0.300 bits per heavy atom. The fourth-order valence-electron chi connectivity index (χ4n) is 13.0. The lowest BCUT2D eigenvalue weighted by molar-refractivity contribution is 0.332. The Labute approximate surface area is 416 Å². The molecule has 0 amide bonds. The molecule has 0 unspecified atom stereocenters. The van der Waals surface area contributed by atoms with Crippen molar-refractivity contribution < 1.29 is 0 Å². The quantitative estimate of drug-likeness (QED) is 0.154. The van der Waals surface area contributed by atoms with E-state index in [1.807, 2.05) is 0 Å². The van der Waals surface area contributed by atoms with E-state index in [0.717, 1.165) is 18.5 Å². The summed E-state index contributed by atoms with van der Waals surface area (Å²) < 4.78 is 0. The van der Waals surface area contributed by atoms with Gasteiger partial charge < -0.3 is 4.90 Å². The van der Waals surface area contributed by atoms with Gasteiger partial charge in [0.2, 0.25) is 0 Å². The third kappa shape index (κ3) is 6.94. The topological polar surface area (TPSA) is 3.24 Å². The molecule has 0 aromatic heterocycles. The molecule has 0 fully saturated rings. The minimum Gasteiger partial charge on any atom is -0.310 e. The van der Waals surface area contributed by atoms with Crippen molar-refractivity contribution >= 4 is 27.8 Å². The summed E-state index contributed by atoms with van der Waals surface area (Å²) in [6.07, 6.45) is 4.67. The number of hydrogen-bond acceptors (Lipinski definition) is 1. The predicted molar refractivity (Wildman–Crippen MR) is 297 cm³/mol. The minimum atomic E-state index is -0.558. The lowest BCUT2D eigenvalue weighted by atomic mass is 9.63. The van der Waals surface area contributed by atoms with E-state index in [2.05, 4.69) is 260 Å². The second-order valence-corrected chi connectivity index (χ2v) is 23.4. The monoisotopic (exact) mass is 908 g/mol. The van der Waals surface area contributed by atoms with E-state index < -0.39 is 5.41 Å². The van der Waals surface area contributed by atoms with Gasteiger partial charge in [0.15, 0.2) is 0 Å². The van der Waals surface area contributed by atoms with Crippen LogP contribution in [-0.4, -0.2) is 0 Å². The molecular weight excluding hydrogens is 843 g/mol. The molecule has 70 heavy (non-hydrogen) atoms. The second kappa shape index (κ2) is 16.0. The zero-order valence-electron chi connectivity index (χ0n) is 42.3. The standard InChI is InChI=1S/C69H65N/c1-65(2)37-39-67(5,6)62-42-50(31-35-59(62)65)56-44-57-55-25-17-18-26-58(55)69(51-21-11-9-12-22-51,52-23-13-10-14-24-52)61(57)45-64(56)70(54-34-36-60-63(43-54)68(7,8)40-38-66(60,3)4)53-32-29-47(30-33-53)49-28-27-46-19-15-16-20-48(46)41-49/h9-36,41-45H,37-40H2,1-8H3. The number of hydrogen-bond donors (Lipinski definition) is 0. The van der Waals surface area contributed by atoms with Gasteiger partial charge in [0, 0.05) is 16.9 Å². The van der Waals surface area contributed by atoms with Crippen LogP contribution in [-0.2, 0) is 27.1 Å². The first kappa shape index (κ1) is 44.3. The molecule has 0 heterocycles. The molecule has 12 rings (SSSR count). The predicted octanol–water partition coefficient (Wildman–Crippen LogP) is 18.7. The summed E-state index contributed by atoms with van der Waals surface area (Å²) in [5.74, 6) is 0. The van der Waals surface area contributed by atoms with Gasteiger partial charge in [0.1, 0.15) is 0 Å². The molecule has 0 saturated carbocycles. The van der Waals surface area contributed by atoms with Crippen molar-refractivity contribution in [1.29, 1.82) is 0 Å². The van der Waals surface area contributed by atoms with Crippen LogP contribution in [0.4, 0.5) is 17.1 Å². The fourth-order valence-corrected chi connectivity index (χ4v) is 13.0. The maximum atomic E-state index is 2.61. The Hall–Kier alpha value is -6.96. The van der Waals surface area contributed by atoms with Crippen LogP contribution in [0.5, 0.6) is 0 Å². The number of fused-ring (bicyclic) bond motifs is 6. The third-order valence-corrected chi connectivity index (χ3v) is 17.3. The van der Waals surface area contributed by atoms with Crippen LogP contribution < -0.4 is 4.90 Å². The summed E-state index contributed by atoms with van der Waals surface area (Å²) in [6, 6.07) is 76.8. The number of rotatable bonds is 7. The second-order valence-electron chi connectivity index (χ2n) is 23.4. The van der Waals surface area contributed by atoms with Crippen LogP contribution in [0, 0.1) is 0 Å². The van der Waals surface area contributed by atoms with Gasteiger partial charge in [-0.25, -0.2) is 0 Å². The molecule has 0 saturated heterocycles. The summed E-state index contributed by atoms with van der Waals surface area (Å²) in [4.78, 5) is 2.61. The molecule has 0 N–H and O–H groups in total. The molecule has 0 radical (unpaired) electrons. The largest absolute Gasteiger partial charge is 0.310 e. The zero-order chi connectivity index (χ0) is 48.2. The van der Waals surface area contributed by atoms with E-state index in [4.69, 9.17) is 0 Å². The minimum absolute atomic E-state index is 0.0293. The third-order valence-electron chi connectivity index (χ3n) is 17.3. The molecule has 0 atom stereocenters. The van der Waals surface area contributed by atoms with E-state index in [-0.39, 0.29) is 21.7 Å². The van der Waals surface area contributed by atoms with Crippen LogP contribution in [0.3, 0.4) is 0 Å². The molecule has 1 nitrogen and oxygen atoms in total. The molecule has 346 valence electrons. The molecule has 3 aliphatic carbocycles. The number of benzene rings is 9. The van der Waals surface area contributed by atoms with Crippen molar-refractivity contribution in [2.24, 2.45) is 0 Å². The van der Waals surface area contributed by atoms with Gasteiger partial charge in [-0.3, -0.25) is 0 Å². The van der Waals surface area contributed by atoms with Gasteiger partial charge >= 0.3 is 0 Å². The highest BCUT2D eigenvalue weighted by Gasteiger charge is 2.47. The Morgan fingerprint density at radius 2 is 0.800 bits per heavy atom. The van der Waals surface area contributed by atoms with Crippen molar-refractivity contribution in [2.75, 3.05) is 4.90 Å². The summed E-state index contributed by atoms with van der Waals surface area (Å²) in [5, 5.41) is 2.51. The molecule has 9 aromatic carbocycles. The van der Waals surface area contributed by atoms with Gasteiger partial charge in [-0.15, -0.1) is 0 Å². The van der Waals surface area contributed by atoms with Crippen LogP contribution in [0.25, 0.3) is 44.2 Å². The zero-order valence-corrected chi connectivity index (χ0v) is 42.3. The Bertz CT molecular complexity index is 3440. The van der Waals surface area contributed by atoms with E-state index >= 15 is 0 Å². The maximum Gasteiger partial charge on any atom is 0.0714 e. The summed E-state index contributed by atoms with van der Waals surface area (Å²) in [5.41, 5.74) is 21.8. The van der Waals surface area contributed by atoms with Crippen molar-refractivity contribution in [3.63, 3.8) is 0 Å². The van der Waals surface area contributed by atoms with Crippen LogP contribution >= 0.6 is 0 Å². The Balaban J connectivity index is 1.18. The SMILES string of the molecule is CC1(C)CCC(C)(C)c2cc(-c3cc4c(cc3N(c3ccc(-c5ccc6ccccc6c5)cc3)c3ccc5c(c3)C(C)(C)CCC5(C)C)C(c3ccccc3)(c3ccccc3)c3ccccc3-4)ccc21. The van der Waals surface area contributed by atoms with E-state index in [0.29, 0.717) is 0 Å². The molecule has 0 bridgehead atoms. The van der Waals surface area contributed by atoms with Crippen molar-refractivity contribution in [3.05, 3.63) is 245 Å². The average Bonchev–Trinajstić information content (AvgIpc) is 3.67. The highest BCUT2D eigenvalue weighted by atomic mass is 15.1. The summed E-state index contributed by atoms with van der Waals surface area (Å²) in [7, 11) is 0. The van der Waals surface area contributed by atoms with Gasteiger partial charge in [-0.05, 0) is 173 Å². The van der Waals surface area contributed by atoms with Crippen molar-refractivity contribution in [2.45, 2.75) is 108 Å². The Kier molecular flexibility index (Phi) is 10.1. The first-order chi connectivity index (χ1) is 33.7. The Morgan fingerprint density at radius 3 is 1.44 bits per heavy atom. The number of nitrogens with zero attached hydrogens (tertiary/aromatic N) is 1. The molecule has 3 aliphatic rings. The van der Waals surface area contributed by atoms with Gasteiger partial charge in [0.25, 0.3) is 0 Å². The molecule has 0 spiro atoms. The lowest BCUT2D eigenvalue weighted by Gasteiger charge is -2.43. The molecule has 1 heteroatoms. The van der Waals surface area contributed by atoms with Crippen molar-refractivity contribution in [3.8, 4) is 33.4 Å². The smallest absolute Gasteiger partial charge is 0.0714 e. The van der Waals surface area contributed by atoms with E-state index in [1.165, 1.54) is 113 Å². The van der Waals surface area contributed by atoms with Gasteiger partial charge in [-0.1, -0.05) is 213 Å². The van der Waals surface area contributed by atoms with E-state index in [9.17, 15) is 0 Å². The first-order valence-corrected chi connectivity index (χ1v) is 25.8. The van der Waals surface area contributed by atoms with Crippen LogP contribution in [0.15, 0.2) is 200 Å². The highest BCUT2D eigenvalue weighted by molar-refractivity contribution is 5.97. The van der Waals surface area contributed by atoms with Gasteiger partial charge in [-0.2, -0.15) is 0 Å². The molecule has 9 aromatic rings. The van der Waals surface area contributed by atoms with E-state index in [1.54, 1.807) is 0 Å². The van der Waals surface area contributed by atoms with Gasteiger partial charge in [0.05, 0.1) is 11.1 Å². The molecule has 0 aliphatic heterocycles. The summed E-state index contributed by atoms with van der Waals surface area (Å²) >= 11 is 0. The fraction of sp³-hybridized carbons (Fsp3) is 0.246. The first-order valence-electron chi connectivity index (χ1n) is 25.8. The maximum absolute atomic E-state index is 2.61. The van der Waals surface area contributed by atoms with Crippen molar-refractivity contribution in [1.82, 2.24) is 0 Å². The number of anilines is 3. The highest BCUT2D eigenvalue weighted by Crippen LogP contribution is 2.60. The molecular formula is C69H65N. The normalized spacial score (nSPS) is 17.5. The van der Waals surface area contributed by atoms with Crippen LogP contribution in [0.2, 0.25) is 0 Å². The average molecular weight is 908 g/mol. The lowest BCUT2D eigenvalue weighted by Crippen LogP contribution is -2.34. The summed E-state index contributed by atoms with van der Waals surface area (Å²) in [6.45, 7) is 19.6. The van der Waals surface area contributed by atoms with Crippen LogP contribution in [0.1, 0.15) is 126 Å².